The topological polar surface area (TPSA) is 121 Å². The molecule has 3 N–H and O–H groups in total. The molecule has 6 rings (SSSR count). The van der Waals surface area contributed by atoms with Crippen LogP contribution in [0.5, 0.6) is 0 Å². The molecule has 13 heteroatoms. The zero-order valence-electron chi connectivity index (χ0n) is 23.1. The molecule has 42 heavy (non-hydrogen) atoms. The molecular weight excluding hydrogens is 577 g/mol. The summed E-state index contributed by atoms with van der Waals surface area (Å²) < 4.78 is 41.7. The van der Waals surface area contributed by atoms with E-state index in [0.29, 0.717) is 39.6 Å². The molecular formula is C29H30FN7O3S2. The van der Waals surface area contributed by atoms with Gasteiger partial charge in [-0.25, -0.2) is 22.8 Å². The van der Waals surface area contributed by atoms with Crippen molar-refractivity contribution in [2.75, 3.05) is 48.0 Å². The quantitative estimate of drug-likeness (QED) is 0.292. The third-order valence-electron chi connectivity index (χ3n) is 7.36. The standard InChI is InChI=1S/C29H30FN7O3S2/c1-18-26(33-17-41-18)22-13-20-15-32-29(34-21-7-8-24(23(30)14-21)36-11-9-31-10-12-36)35-27(20)37(28(22)38)16-19-5-3-4-6-25(19)42(2,39)40/h3-8,13-15,17,29,31,34-35H,9-12,16H2,1-2H3. The number of aromatic nitrogens is 2. The highest BCUT2D eigenvalue weighted by Gasteiger charge is 2.24. The van der Waals surface area contributed by atoms with Gasteiger partial charge in [-0.1, -0.05) is 18.2 Å². The molecule has 4 aromatic rings. The highest BCUT2D eigenvalue weighted by atomic mass is 32.2. The second-order valence-electron chi connectivity index (χ2n) is 10.3. The monoisotopic (exact) mass is 607 g/mol. The van der Waals surface area contributed by atoms with Crippen LogP contribution < -0.4 is 26.4 Å². The first-order chi connectivity index (χ1) is 20.2. The Morgan fingerprint density at radius 3 is 2.64 bits per heavy atom. The number of benzene rings is 2. The molecule has 0 amide bonds. The summed E-state index contributed by atoms with van der Waals surface area (Å²) in [5.41, 5.74) is 4.54. The van der Waals surface area contributed by atoms with Gasteiger partial charge in [-0.2, -0.15) is 0 Å². The largest absolute Gasteiger partial charge is 0.367 e. The van der Waals surface area contributed by atoms with Crippen molar-refractivity contribution in [2.24, 2.45) is 4.99 Å². The van der Waals surface area contributed by atoms with Crippen LogP contribution in [0, 0.1) is 12.7 Å². The molecule has 10 nitrogen and oxygen atoms in total. The molecule has 0 saturated carbocycles. The molecule has 1 fully saturated rings. The fourth-order valence-electron chi connectivity index (χ4n) is 5.31. The number of rotatable bonds is 7. The summed E-state index contributed by atoms with van der Waals surface area (Å²) in [7, 11) is -3.54. The van der Waals surface area contributed by atoms with Crippen LogP contribution in [0.15, 0.2) is 68.7 Å². The number of nitrogens with zero attached hydrogens (tertiary/aromatic N) is 4. The molecule has 4 heterocycles. The summed E-state index contributed by atoms with van der Waals surface area (Å²) in [4.78, 5) is 26.0. The molecule has 2 aromatic carbocycles. The van der Waals surface area contributed by atoms with E-state index >= 15 is 4.39 Å². The summed E-state index contributed by atoms with van der Waals surface area (Å²) in [5, 5.41) is 9.72. The average Bonchev–Trinajstić information content (AvgIpc) is 3.40. The normalized spacial score (nSPS) is 16.6. The van der Waals surface area contributed by atoms with E-state index in [1.807, 2.05) is 11.8 Å². The van der Waals surface area contributed by atoms with Crippen LogP contribution >= 0.6 is 11.3 Å². The van der Waals surface area contributed by atoms with E-state index < -0.39 is 16.1 Å². The van der Waals surface area contributed by atoms with Gasteiger partial charge in [0.2, 0.25) is 0 Å². The lowest BCUT2D eigenvalue weighted by molar-refractivity contribution is 0.566. The summed E-state index contributed by atoms with van der Waals surface area (Å²) in [6.07, 6.45) is 2.10. The van der Waals surface area contributed by atoms with Crippen molar-refractivity contribution < 1.29 is 12.8 Å². The van der Waals surface area contributed by atoms with E-state index in [-0.39, 0.29) is 22.8 Å². The SMILES string of the molecule is Cc1scnc1-c1cc2c(n(Cc3ccccc3S(C)(=O)=O)c1=O)NC(Nc1ccc(N3CCNCC3)c(F)c1)N=C2. The van der Waals surface area contributed by atoms with E-state index in [2.05, 4.69) is 25.9 Å². The number of hydrogen-bond donors (Lipinski definition) is 3. The maximum absolute atomic E-state index is 15.1. The minimum atomic E-state index is -3.54. The van der Waals surface area contributed by atoms with Crippen molar-refractivity contribution in [3.05, 3.63) is 86.2 Å². The molecule has 2 aromatic heterocycles. The lowest BCUT2D eigenvalue weighted by Gasteiger charge is -2.30. The molecule has 1 unspecified atom stereocenters. The Kier molecular flexibility index (Phi) is 7.56. The highest BCUT2D eigenvalue weighted by molar-refractivity contribution is 7.90. The first-order valence-electron chi connectivity index (χ1n) is 13.5. The van der Waals surface area contributed by atoms with E-state index in [1.165, 1.54) is 28.0 Å². The van der Waals surface area contributed by atoms with Crippen LogP contribution in [0.3, 0.4) is 0 Å². The van der Waals surface area contributed by atoms with E-state index in [4.69, 9.17) is 0 Å². The van der Waals surface area contributed by atoms with Crippen LogP contribution in [0.1, 0.15) is 16.0 Å². The van der Waals surface area contributed by atoms with Gasteiger partial charge in [0.05, 0.1) is 33.9 Å². The first-order valence-corrected chi connectivity index (χ1v) is 16.2. The fourth-order valence-corrected chi connectivity index (χ4v) is 6.84. The molecule has 1 atom stereocenters. The fraction of sp³-hybridized carbons (Fsp3) is 0.276. The van der Waals surface area contributed by atoms with E-state index in [9.17, 15) is 13.2 Å². The molecule has 2 aliphatic rings. The molecule has 0 aliphatic carbocycles. The second kappa shape index (κ2) is 11.3. The maximum atomic E-state index is 15.1. The number of anilines is 3. The van der Waals surface area contributed by atoms with Crippen molar-refractivity contribution in [1.29, 1.82) is 0 Å². The molecule has 0 spiro atoms. The van der Waals surface area contributed by atoms with Crippen molar-refractivity contribution in [1.82, 2.24) is 14.9 Å². The molecule has 218 valence electrons. The Balaban J connectivity index is 1.36. The summed E-state index contributed by atoms with van der Waals surface area (Å²) in [6, 6.07) is 13.4. The van der Waals surface area contributed by atoms with Gasteiger partial charge >= 0.3 is 0 Å². The van der Waals surface area contributed by atoms with E-state index in [0.717, 1.165) is 37.3 Å². The predicted octanol–water partition coefficient (Wildman–Crippen LogP) is 3.52. The highest BCUT2D eigenvalue weighted by Crippen LogP contribution is 2.29. The van der Waals surface area contributed by atoms with Crippen molar-refractivity contribution in [3.8, 4) is 11.3 Å². The number of sulfone groups is 1. The van der Waals surface area contributed by atoms with Crippen molar-refractivity contribution in [2.45, 2.75) is 24.7 Å². The zero-order chi connectivity index (χ0) is 29.4. The summed E-state index contributed by atoms with van der Waals surface area (Å²) in [6.45, 7) is 4.98. The molecule has 2 aliphatic heterocycles. The van der Waals surface area contributed by atoms with Gasteiger partial charge in [0, 0.05) is 54.8 Å². The average molecular weight is 608 g/mol. The minimum Gasteiger partial charge on any atom is -0.367 e. The number of fused-ring (bicyclic) bond motifs is 1. The zero-order valence-corrected chi connectivity index (χ0v) is 24.7. The summed E-state index contributed by atoms with van der Waals surface area (Å²) in [5.74, 6) is 0.130. The van der Waals surface area contributed by atoms with E-state index in [1.54, 1.807) is 48.1 Å². The van der Waals surface area contributed by atoms with Crippen molar-refractivity contribution >= 4 is 44.6 Å². The molecule has 0 radical (unpaired) electrons. The smallest absolute Gasteiger partial charge is 0.261 e. The number of aryl methyl sites for hydroxylation is 1. The van der Waals surface area contributed by atoms with Crippen LogP contribution in [-0.4, -0.2) is 62.9 Å². The Morgan fingerprint density at radius 1 is 1.14 bits per heavy atom. The van der Waals surface area contributed by atoms with Crippen LogP contribution in [0.25, 0.3) is 11.3 Å². The van der Waals surface area contributed by atoms with Gasteiger partial charge in [0.15, 0.2) is 16.1 Å². The lowest BCUT2D eigenvalue weighted by atomic mass is 10.1. The third-order valence-corrected chi connectivity index (χ3v) is 9.32. The number of piperazine rings is 1. The molecule has 1 saturated heterocycles. The predicted molar refractivity (Wildman–Crippen MR) is 165 cm³/mol. The number of nitrogens with one attached hydrogen (secondary N) is 3. The number of thiazole rings is 1. The van der Waals surface area contributed by atoms with Crippen LogP contribution in [0.2, 0.25) is 0 Å². The Labute approximate surface area is 246 Å². The Bertz CT molecular complexity index is 1850. The minimum absolute atomic E-state index is 0.00299. The number of aliphatic imine (C=N–C) groups is 1. The second-order valence-corrected chi connectivity index (χ2v) is 13.3. The van der Waals surface area contributed by atoms with Gasteiger partial charge in [-0.15, -0.1) is 11.3 Å². The van der Waals surface area contributed by atoms with Gasteiger partial charge in [0.25, 0.3) is 5.56 Å². The Morgan fingerprint density at radius 2 is 1.93 bits per heavy atom. The Hall–Kier alpha value is -4.07. The van der Waals surface area contributed by atoms with Crippen LogP contribution in [0.4, 0.5) is 21.6 Å². The van der Waals surface area contributed by atoms with Gasteiger partial charge in [-0.3, -0.25) is 9.36 Å². The number of hydrogen-bond acceptors (Lipinski definition) is 10. The maximum Gasteiger partial charge on any atom is 0.261 e. The number of halogens is 1. The third kappa shape index (κ3) is 5.54. The number of pyridine rings is 1. The first kappa shape index (κ1) is 28.1. The van der Waals surface area contributed by atoms with Gasteiger partial charge in [0.1, 0.15) is 11.6 Å². The van der Waals surface area contributed by atoms with Crippen molar-refractivity contribution in [3.63, 3.8) is 0 Å². The lowest BCUT2D eigenvalue weighted by Crippen LogP contribution is -2.43. The van der Waals surface area contributed by atoms with Gasteiger partial charge < -0.3 is 20.9 Å². The molecule has 0 bridgehead atoms. The summed E-state index contributed by atoms with van der Waals surface area (Å²) >= 11 is 1.44. The van der Waals surface area contributed by atoms with Crippen LogP contribution in [-0.2, 0) is 16.4 Å². The van der Waals surface area contributed by atoms with Gasteiger partial charge in [-0.05, 0) is 42.8 Å².